The molecule has 0 saturated heterocycles. The largest absolute Gasteiger partial charge is 0.393 e. The topological polar surface area (TPSA) is 49.3 Å². The van der Waals surface area contributed by atoms with Crippen LogP contribution >= 0.6 is 0 Å². The van der Waals surface area contributed by atoms with Crippen LogP contribution in [0.4, 0.5) is 0 Å². The average Bonchev–Trinajstić information content (AvgIpc) is 2.11. The standard InChI is InChI=1S/C11H23NO2S/c1-8-9(6-5-7-10(8)13)12-15(14)11(2,3)4/h8-10,12-13H,5-7H2,1-4H3/t8-,9-,10+,15?/m0/s1. The van der Waals surface area contributed by atoms with Crippen molar-refractivity contribution in [1.29, 1.82) is 0 Å². The molecule has 90 valence electrons. The van der Waals surface area contributed by atoms with Gasteiger partial charge in [-0.25, -0.2) is 8.93 Å². The Kier molecular flexibility index (Phi) is 4.32. The summed E-state index contributed by atoms with van der Waals surface area (Å²) in [5.74, 6) is 0.199. The van der Waals surface area contributed by atoms with Crippen LogP contribution in [-0.2, 0) is 11.0 Å². The predicted octanol–water partition coefficient (Wildman–Crippen LogP) is 1.59. The fraction of sp³-hybridized carbons (Fsp3) is 1.00. The van der Waals surface area contributed by atoms with Gasteiger partial charge in [-0.1, -0.05) is 6.92 Å². The van der Waals surface area contributed by atoms with Crippen molar-refractivity contribution in [3.05, 3.63) is 0 Å². The van der Waals surface area contributed by atoms with Crippen molar-refractivity contribution >= 4 is 11.0 Å². The third kappa shape index (κ3) is 3.54. The van der Waals surface area contributed by atoms with E-state index in [-0.39, 0.29) is 22.8 Å². The van der Waals surface area contributed by atoms with Gasteiger partial charge in [0.05, 0.1) is 21.8 Å². The first-order valence-electron chi connectivity index (χ1n) is 5.68. The minimum atomic E-state index is -1.03. The summed E-state index contributed by atoms with van der Waals surface area (Å²) < 4.78 is 14.8. The van der Waals surface area contributed by atoms with Crippen molar-refractivity contribution in [2.75, 3.05) is 0 Å². The van der Waals surface area contributed by atoms with Crippen molar-refractivity contribution in [1.82, 2.24) is 4.72 Å². The predicted molar refractivity (Wildman–Crippen MR) is 63.8 cm³/mol. The van der Waals surface area contributed by atoms with E-state index in [0.29, 0.717) is 0 Å². The summed E-state index contributed by atoms with van der Waals surface area (Å²) in [5.41, 5.74) is 0. The lowest BCUT2D eigenvalue weighted by molar-refractivity contribution is 0.0632. The average molecular weight is 233 g/mol. The molecule has 0 aromatic rings. The van der Waals surface area contributed by atoms with Crippen LogP contribution in [-0.4, -0.2) is 26.2 Å². The molecule has 0 radical (unpaired) electrons. The molecule has 1 saturated carbocycles. The van der Waals surface area contributed by atoms with Crippen LogP contribution < -0.4 is 4.72 Å². The van der Waals surface area contributed by atoms with Crippen molar-refractivity contribution in [3.63, 3.8) is 0 Å². The summed E-state index contributed by atoms with van der Waals surface area (Å²) in [5, 5.41) is 9.72. The Morgan fingerprint density at radius 1 is 1.33 bits per heavy atom. The van der Waals surface area contributed by atoms with Gasteiger partial charge >= 0.3 is 0 Å². The molecule has 0 heterocycles. The number of hydrogen-bond donors (Lipinski definition) is 2. The normalized spacial score (nSPS) is 35.1. The van der Waals surface area contributed by atoms with E-state index < -0.39 is 11.0 Å². The molecule has 0 spiro atoms. The molecule has 2 N–H and O–H groups in total. The van der Waals surface area contributed by atoms with Crippen molar-refractivity contribution in [2.24, 2.45) is 5.92 Å². The van der Waals surface area contributed by atoms with E-state index >= 15 is 0 Å². The number of hydrogen-bond acceptors (Lipinski definition) is 2. The molecule has 1 rings (SSSR count). The maximum atomic E-state index is 11.9. The van der Waals surface area contributed by atoms with E-state index in [1.165, 1.54) is 0 Å². The summed E-state index contributed by atoms with van der Waals surface area (Å²) in [7, 11) is -1.03. The van der Waals surface area contributed by atoms with Crippen molar-refractivity contribution < 1.29 is 9.32 Å². The monoisotopic (exact) mass is 233 g/mol. The van der Waals surface area contributed by atoms with Crippen LogP contribution in [0.25, 0.3) is 0 Å². The SMILES string of the molecule is C[C@@H]1[C@H](O)CCC[C@@H]1NS(=O)C(C)(C)C. The van der Waals surface area contributed by atoms with Crippen LogP contribution in [0.3, 0.4) is 0 Å². The zero-order chi connectivity index (χ0) is 11.6. The minimum Gasteiger partial charge on any atom is -0.393 e. The Labute approximate surface area is 95.2 Å². The van der Waals surface area contributed by atoms with Crippen LogP contribution in [0.2, 0.25) is 0 Å². The summed E-state index contributed by atoms with van der Waals surface area (Å²) in [6.07, 6.45) is 2.67. The molecule has 0 aliphatic heterocycles. The lowest BCUT2D eigenvalue weighted by Crippen LogP contribution is -2.47. The Morgan fingerprint density at radius 3 is 2.47 bits per heavy atom. The Balaban J connectivity index is 2.54. The number of nitrogens with one attached hydrogen (secondary N) is 1. The second-order valence-electron chi connectivity index (χ2n) is 5.46. The highest BCUT2D eigenvalue weighted by atomic mass is 32.2. The van der Waals surface area contributed by atoms with Gasteiger partial charge in [0.2, 0.25) is 0 Å². The summed E-state index contributed by atoms with van der Waals surface area (Å²) in [4.78, 5) is 0. The summed E-state index contributed by atoms with van der Waals surface area (Å²) >= 11 is 0. The fourth-order valence-corrected chi connectivity index (χ4v) is 2.78. The Bertz CT molecular complexity index is 237. The third-order valence-corrected chi connectivity index (χ3v) is 4.70. The molecular formula is C11H23NO2S. The van der Waals surface area contributed by atoms with Gasteiger partial charge < -0.3 is 5.11 Å². The molecule has 1 unspecified atom stereocenters. The van der Waals surface area contributed by atoms with Gasteiger partial charge in [0, 0.05) is 6.04 Å². The van der Waals surface area contributed by atoms with Crippen LogP contribution in [0, 0.1) is 5.92 Å². The second kappa shape index (κ2) is 4.93. The number of aliphatic hydroxyl groups is 1. The maximum absolute atomic E-state index is 11.9. The van der Waals surface area contributed by atoms with Gasteiger partial charge in [-0.3, -0.25) is 0 Å². The first-order valence-corrected chi connectivity index (χ1v) is 6.83. The molecule has 0 aromatic heterocycles. The molecule has 4 heteroatoms. The second-order valence-corrected chi connectivity index (χ2v) is 7.46. The van der Waals surface area contributed by atoms with E-state index in [1.54, 1.807) is 0 Å². The third-order valence-electron chi connectivity index (χ3n) is 3.07. The van der Waals surface area contributed by atoms with Gasteiger partial charge in [-0.2, -0.15) is 0 Å². The van der Waals surface area contributed by atoms with Gasteiger partial charge in [0.1, 0.15) is 0 Å². The van der Waals surface area contributed by atoms with Crippen molar-refractivity contribution in [3.8, 4) is 0 Å². The smallest absolute Gasteiger partial charge is 0.0972 e. The quantitative estimate of drug-likeness (QED) is 0.761. The molecule has 15 heavy (non-hydrogen) atoms. The minimum absolute atomic E-state index is 0.189. The van der Waals surface area contributed by atoms with Crippen molar-refractivity contribution in [2.45, 2.75) is 63.9 Å². The van der Waals surface area contributed by atoms with Gasteiger partial charge in [-0.15, -0.1) is 0 Å². The lowest BCUT2D eigenvalue weighted by Gasteiger charge is -2.34. The van der Waals surface area contributed by atoms with Gasteiger partial charge in [0.25, 0.3) is 0 Å². The molecule has 1 aliphatic rings. The molecular weight excluding hydrogens is 210 g/mol. The number of rotatable bonds is 2. The van der Waals surface area contributed by atoms with E-state index in [2.05, 4.69) is 4.72 Å². The highest BCUT2D eigenvalue weighted by Crippen LogP contribution is 2.25. The van der Waals surface area contributed by atoms with Gasteiger partial charge in [-0.05, 0) is 46.0 Å². The van der Waals surface area contributed by atoms with E-state index in [9.17, 15) is 9.32 Å². The molecule has 1 aliphatic carbocycles. The fourth-order valence-electron chi connectivity index (χ4n) is 1.82. The Hall–Kier alpha value is 0.0700. The molecule has 4 atom stereocenters. The zero-order valence-electron chi connectivity index (χ0n) is 10.1. The summed E-state index contributed by atoms with van der Waals surface area (Å²) in [6, 6.07) is 0.189. The highest BCUT2D eigenvalue weighted by molar-refractivity contribution is 7.84. The van der Waals surface area contributed by atoms with E-state index in [1.807, 2.05) is 27.7 Å². The van der Waals surface area contributed by atoms with Crippen LogP contribution in [0.1, 0.15) is 47.0 Å². The molecule has 0 bridgehead atoms. The van der Waals surface area contributed by atoms with Crippen LogP contribution in [0.5, 0.6) is 0 Å². The molecule has 1 fully saturated rings. The van der Waals surface area contributed by atoms with E-state index in [4.69, 9.17) is 0 Å². The first-order chi connectivity index (χ1) is 6.82. The molecule has 0 aromatic carbocycles. The highest BCUT2D eigenvalue weighted by Gasteiger charge is 2.31. The van der Waals surface area contributed by atoms with E-state index in [0.717, 1.165) is 19.3 Å². The van der Waals surface area contributed by atoms with Gasteiger partial charge in [0.15, 0.2) is 0 Å². The number of aliphatic hydroxyl groups excluding tert-OH is 1. The first kappa shape index (κ1) is 13.1. The molecule has 3 nitrogen and oxygen atoms in total. The van der Waals surface area contributed by atoms with Crippen LogP contribution in [0.15, 0.2) is 0 Å². The Morgan fingerprint density at radius 2 is 1.93 bits per heavy atom. The zero-order valence-corrected chi connectivity index (χ0v) is 10.9. The maximum Gasteiger partial charge on any atom is 0.0972 e. The summed E-state index contributed by atoms with van der Waals surface area (Å²) in [6.45, 7) is 7.90. The molecule has 0 amide bonds. The lowest BCUT2D eigenvalue weighted by atomic mass is 9.84.